The van der Waals surface area contributed by atoms with Gasteiger partial charge in [-0.1, -0.05) is 12.8 Å². The summed E-state index contributed by atoms with van der Waals surface area (Å²) < 4.78 is 37.6. The SMILES string of the molecule is N#CC(CN1CCC2CCCCC21)C(F)(F)F. The van der Waals surface area contributed by atoms with Crippen molar-refractivity contribution >= 4 is 0 Å². The number of fused-ring (bicyclic) bond motifs is 1. The second-order valence-electron chi connectivity index (χ2n) is 5.12. The summed E-state index contributed by atoms with van der Waals surface area (Å²) in [6.45, 7) is 0.588. The van der Waals surface area contributed by atoms with E-state index in [0.717, 1.165) is 32.2 Å². The maximum Gasteiger partial charge on any atom is 0.405 e. The first kappa shape index (κ1) is 12.7. The highest BCUT2D eigenvalue weighted by atomic mass is 19.4. The molecule has 0 radical (unpaired) electrons. The summed E-state index contributed by atoms with van der Waals surface area (Å²) in [5.41, 5.74) is 0. The van der Waals surface area contributed by atoms with Crippen molar-refractivity contribution in [3.05, 3.63) is 0 Å². The van der Waals surface area contributed by atoms with Crippen molar-refractivity contribution in [2.45, 2.75) is 44.3 Å². The minimum atomic E-state index is -4.39. The Morgan fingerprint density at radius 1 is 1.24 bits per heavy atom. The van der Waals surface area contributed by atoms with Crippen LogP contribution in [0.1, 0.15) is 32.1 Å². The third kappa shape index (κ3) is 2.74. The number of alkyl halides is 3. The van der Waals surface area contributed by atoms with Gasteiger partial charge in [0, 0.05) is 12.6 Å². The minimum Gasteiger partial charge on any atom is -0.298 e. The van der Waals surface area contributed by atoms with Crippen LogP contribution in [0.3, 0.4) is 0 Å². The topological polar surface area (TPSA) is 27.0 Å². The van der Waals surface area contributed by atoms with Crippen molar-refractivity contribution in [2.75, 3.05) is 13.1 Å². The van der Waals surface area contributed by atoms with Gasteiger partial charge in [0.1, 0.15) is 0 Å². The molecule has 96 valence electrons. The molecule has 0 aromatic carbocycles. The number of nitriles is 1. The fourth-order valence-corrected chi connectivity index (χ4v) is 3.18. The first-order valence-corrected chi connectivity index (χ1v) is 6.22. The molecule has 0 spiro atoms. The highest BCUT2D eigenvalue weighted by Crippen LogP contribution is 2.37. The molecule has 1 heterocycles. The Kier molecular flexibility index (Phi) is 3.62. The van der Waals surface area contributed by atoms with Crippen LogP contribution in [0.4, 0.5) is 13.2 Å². The Hall–Kier alpha value is -0.760. The largest absolute Gasteiger partial charge is 0.405 e. The average molecular weight is 246 g/mol. The van der Waals surface area contributed by atoms with E-state index in [9.17, 15) is 13.2 Å². The molecule has 3 atom stereocenters. The number of hydrogen-bond acceptors (Lipinski definition) is 2. The lowest BCUT2D eigenvalue weighted by molar-refractivity contribution is -0.164. The number of hydrogen-bond donors (Lipinski definition) is 0. The molecule has 2 fully saturated rings. The molecule has 0 aromatic heterocycles. The van der Waals surface area contributed by atoms with Gasteiger partial charge in [-0.15, -0.1) is 0 Å². The number of likely N-dealkylation sites (tertiary alicyclic amines) is 1. The molecular formula is C12H17F3N2. The van der Waals surface area contributed by atoms with Crippen molar-refractivity contribution in [3.63, 3.8) is 0 Å². The summed E-state index contributed by atoms with van der Waals surface area (Å²) in [5.74, 6) is -1.26. The normalized spacial score (nSPS) is 31.9. The van der Waals surface area contributed by atoms with Crippen LogP contribution in [-0.4, -0.2) is 30.2 Å². The van der Waals surface area contributed by atoms with Gasteiger partial charge in [-0.05, 0) is 31.7 Å². The number of nitrogens with zero attached hydrogens (tertiary/aromatic N) is 2. The molecule has 1 aliphatic heterocycles. The highest BCUT2D eigenvalue weighted by molar-refractivity contribution is 4.96. The fourth-order valence-electron chi connectivity index (χ4n) is 3.18. The molecule has 0 N–H and O–H groups in total. The van der Waals surface area contributed by atoms with Gasteiger partial charge in [0.2, 0.25) is 0 Å². The zero-order valence-electron chi connectivity index (χ0n) is 9.71. The van der Waals surface area contributed by atoms with Gasteiger partial charge in [-0.3, -0.25) is 4.90 Å². The summed E-state index contributed by atoms with van der Waals surface area (Å²) in [6, 6.07) is 1.69. The molecule has 0 bridgehead atoms. The van der Waals surface area contributed by atoms with E-state index in [-0.39, 0.29) is 6.54 Å². The second-order valence-corrected chi connectivity index (χ2v) is 5.12. The van der Waals surface area contributed by atoms with Crippen LogP contribution in [0.25, 0.3) is 0 Å². The minimum absolute atomic E-state index is 0.138. The second kappa shape index (κ2) is 4.85. The Morgan fingerprint density at radius 3 is 2.59 bits per heavy atom. The van der Waals surface area contributed by atoms with Crippen LogP contribution in [0.5, 0.6) is 0 Å². The van der Waals surface area contributed by atoms with E-state index in [1.54, 1.807) is 0 Å². The first-order chi connectivity index (χ1) is 8.02. The van der Waals surface area contributed by atoms with Crippen molar-refractivity contribution in [1.82, 2.24) is 4.90 Å². The lowest BCUT2D eigenvalue weighted by Crippen LogP contribution is -2.41. The van der Waals surface area contributed by atoms with Gasteiger partial charge >= 0.3 is 6.18 Å². The molecule has 5 heteroatoms. The average Bonchev–Trinajstić information content (AvgIpc) is 2.67. The summed E-state index contributed by atoms with van der Waals surface area (Å²) in [4.78, 5) is 1.89. The fraction of sp³-hybridized carbons (Fsp3) is 0.917. The zero-order chi connectivity index (χ0) is 12.5. The van der Waals surface area contributed by atoms with Gasteiger partial charge in [0.25, 0.3) is 0 Å². The molecule has 0 amide bonds. The maximum atomic E-state index is 12.5. The summed E-state index contributed by atoms with van der Waals surface area (Å²) in [5, 5.41) is 8.62. The third-order valence-corrected chi connectivity index (χ3v) is 4.09. The van der Waals surface area contributed by atoms with E-state index in [1.165, 1.54) is 12.5 Å². The predicted octanol–water partition coefficient (Wildman–Crippen LogP) is 2.95. The molecule has 1 saturated carbocycles. The number of halogens is 3. The lowest BCUT2D eigenvalue weighted by Gasteiger charge is -2.32. The molecule has 3 unspecified atom stereocenters. The van der Waals surface area contributed by atoms with Crippen LogP contribution in [0.15, 0.2) is 0 Å². The van der Waals surface area contributed by atoms with E-state index in [1.807, 2.05) is 4.90 Å². The maximum absolute atomic E-state index is 12.5. The molecule has 0 aromatic rings. The van der Waals surface area contributed by atoms with Gasteiger partial charge in [-0.25, -0.2) is 0 Å². The molecule has 2 aliphatic rings. The Balaban J connectivity index is 1.97. The van der Waals surface area contributed by atoms with Crippen LogP contribution < -0.4 is 0 Å². The molecule has 1 saturated heterocycles. The Bertz CT molecular complexity index is 308. The van der Waals surface area contributed by atoms with Gasteiger partial charge in [0.15, 0.2) is 5.92 Å². The van der Waals surface area contributed by atoms with Crippen molar-refractivity contribution in [3.8, 4) is 6.07 Å². The standard InChI is InChI=1S/C12H17F3N2/c13-12(14,15)10(7-16)8-17-6-5-9-3-1-2-4-11(9)17/h9-11H,1-6,8H2. The lowest BCUT2D eigenvalue weighted by atomic mass is 9.85. The van der Waals surface area contributed by atoms with Gasteiger partial charge < -0.3 is 0 Å². The van der Waals surface area contributed by atoms with Crippen molar-refractivity contribution in [1.29, 1.82) is 5.26 Å². The molecule has 2 nitrogen and oxygen atoms in total. The van der Waals surface area contributed by atoms with E-state index >= 15 is 0 Å². The predicted molar refractivity (Wildman–Crippen MR) is 57.1 cm³/mol. The van der Waals surface area contributed by atoms with E-state index in [2.05, 4.69) is 0 Å². The van der Waals surface area contributed by atoms with Crippen LogP contribution in [0, 0.1) is 23.2 Å². The highest BCUT2D eigenvalue weighted by Gasteiger charge is 2.44. The zero-order valence-corrected chi connectivity index (χ0v) is 9.71. The smallest absolute Gasteiger partial charge is 0.298 e. The summed E-state index contributed by atoms with van der Waals surface area (Å²) in [7, 11) is 0. The molecule has 1 aliphatic carbocycles. The van der Waals surface area contributed by atoms with Gasteiger partial charge in [-0.2, -0.15) is 18.4 Å². The van der Waals surface area contributed by atoms with E-state index in [4.69, 9.17) is 5.26 Å². The van der Waals surface area contributed by atoms with Crippen LogP contribution in [-0.2, 0) is 0 Å². The quantitative estimate of drug-likeness (QED) is 0.749. The molecule has 17 heavy (non-hydrogen) atoms. The summed E-state index contributed by atoms with van der Waals surface area (Å²) >= 11 is 0. The van der Waals surface area contributed by atoms with Crippen LogP contribution >= 0.6 is 0 Å². The van der Waals surface area contributed by atoms with E-state index in [0.29, 0.717) is 12.0 Å². The van der Waals surface area contributed by atoms with Crippen molar-refractivity contribution < 1.29 is 13.2 Å². The van der Waals surface area contributed by atoms with Gasteiger partial charge in [0.05, 0.1) is 6.07 Å². The first-order valence-electron chi connectivity index (χ1n) is 6.22. The molecule has 2 rings (SSSR count). The summed E-state index contributed by atoms with van der Waals surface area (Å²) in [6.07, 6.45) is 1.07. The van der Waals surface area contributed by atoms with Crippen molar-refractivity contribution in [2.24, 2.45) is 11.8 Å². The third-order valence-electron chi connectivity index (χ3n) is 4.09. The number of rotatable bonds is 2. The molecular weight excluding hydrogens is 229 g/mol. The monoisotopic (exact) mass is 246 g/mol. The van der Waals surface area contributed by atoms with Crippen LogP contribution in [0.2, 0.25) is 0 Å². The Labute approximate surface area is 99.4 Å². The van der Waals surface area contributed by atoms with E-state index < -0.39 is 12.1 Å². The Morgan fingerprint density at radius 2 is 1.94 bits per heavy atom.